The first-order valence-electron chi connectivity index (χ1n) is 19.8. The maximum Gasteiger partial charge on any atom is 0.504 e. The molecule has 0 heterocycles. The molecule has 0 atom stereocenters. The average Bonchev–Trinajstić information content (AvgIpc) is 3.30. The predicted molar refractivity (Wildman–Crippen MR) is 246 cm³/mol. The first-order valence-corrected chi connectivity index (χ1v) is 19.8. The van der Waals surface area contributed by atoms with Crippen LogP contribution in [0.3, 0.4) is 0 Å². The molecule has 0 aliphatic rings. The van der Waals surface area contributed by atoms with Crippen molar-refractivity contribution in [3.63, 3.8) is 0 Å². The lowest BCUT2D eigenvalue weighted by molar-refractivity contribution is 0.424. The van der Waals surface area contributed by atoms with Crippen molar-refractivity contribution in [3.05, 3.63) is 216 Å². The lowest BCUT2D eigenvalue weighted by Gasteiger charge is -2.37. The van der Waals surface area contributed by atoms with Crippen LogP contribution < -0.4 is 21.0 Å². The molecule has 0 bridgehead atoms. The number of rotatable bonds is 13. The summed E-state index contributed by atoms with van der Waals surface area (Å²) in [5, 5.41) is 67.3. The van der Waals surface area contributed by atoms with E-state index in [2.05, 4.69) is 97.1 Å². The van der Waals surface area contributed by atoms with Crippen molar-refractivity contribution in [1.29, 1.82) is 0 Å². The highest BCUT2D eigenvalue weighted by molar-refractivity contribution is 6.59. The third-order valence-corrected chi connectivity index (χ3v) is 11.3. The van der Waals surface area contributed by atoms with E-state index >= 15 is 0 Å². The Bertz CT molecular complexity index is 2450. The van der Waals surface area contributed by atoms with E-state index in [-0.39, 0.29) is 0 Å². The van der Waals surface area contributed by atoms with Crippen LogP contribution in [0.15, 0.2) is 194 Å². The second-order valence-electron chi connectivity index (χ2n) is 14.8. The van der Waals surface area contributed by atoms with Gasteiger partial charge in [0.2, 0.25) is 0 Å². The van der Waals surface area contributed by atoms with Gasteiger partial charge in [0.15, 0.2) is 0 Å². The van der Waals surface area contributed by atoms with Crippen molar-refractivity contribution in [3.8, 4) is 50.3 Å². The zero-order valence-corrected chi connectivity index (χ0v) is 33.0. The summed E-state index contributed by atoms with van der Waals surface area (Å²) in [5.74, 6) is 0.572. The molecule has 0 amide bonds. The van der Waals surface area contributed by atoms with Crippen molar-refractivity contribution in [2.24, 2.45) is 0 Å². The average molecular weight is 800 g/mol. The topological polar surface area (TPSA) is 151 Å². The first-order chi connectivity index (χ1) is 29.6. The lowest BCUT2D eigenvalue weighted by atomic mass is 9.64. The molecule has 0 radical (unpaired) electrons. The minimum Gasteiger partial charge on any atom is -0.539 e. The quantitative estimate of drug-likeness (QED) is 0.0670. The standard InChI is InChI=1S/C49H40B4O8/c54-50-61-48-31-15-40(16-32-48)36-7-23-44(24-8-36)49(41-17-1-33(2-18-41)37-9-25-45(26-10-37)51(55)56,42-19-3-34(4-20-42)38-11-27-46(28-12-38)52(57)58)43-21-5-35(6-22-43)39-13-29-47(30-14-39)53(59)60/h1-32,50,54-60H. The number of benzene rings is 8. The van der Waals surface area contributed by atoms with Crippen LogP contribution in [0.25, 0.3) is 44.5 Å². The minimum atomic E-state index is -1.55. The van der Waals surface area contributed by atoms with Gasteiger partial charge in [0.05, 0.1) is 5.41 Å². The van der Waals surface area contributed by atoms with E-state index in [0.29, 0.717) is 22.1 Å². The van der Waals surface area contributed by atoms with E-state index in [1.54, 1.807) is 36.4 Å². The first kappa shape index (κ1) is 41.3. The van der Waals surface area contributed by atoms with Crippen molar-refractivity contribution >= 4 is 45.4 Å². The van der Waals surface area contributed by atoms with Gasteiger partial charge in [-0.3, -0.25) is 0 Å². The Labute approximate surface area is 356 Å². The molecular weight excluding hydrogens is 760 g/mol. The highest BCUT2D eigenvalue weighted by atomic mass is 16.5. The van der Waals surface area contributed by atoms with Gasteiger partial charge in [0.1, 0.15) is 5.75 Å². The van der Waals surface area contributed by atoms with Crippen LogP contribution in [-0.2, 0) is 5.41 Å². The van der Waals surface area contributed by atoms with Crippen molar-refractivity contribution in [2.45, 2.75) is 5.41 Å². The summed E-state index contributed by atoms with van der Waals surface area (Å²) in [6, 6.07) is 62.8. The Hall–Kier alpha value is -6.46. The smallest absolute Gasteiger partial charge is 0.504 e. The second kappa shape index (κ2) is 18.0. The van der Waals surface area contributed by atoms with Crippen LogP contribution in [0, 0.1) is 0 Å². The Balaban J connectivity index is 1.30. The molecule has 0 unspecified atom stereocenters. The zero-order valence-electron chi connectivity index (χ0n) is 33.0. The summed E-state index contributed by atoms with van der Waals surface area (Å²) in [6.07, 6.45) is 0. The predicted octanol–water partition coefficient (Wildman–Crippen LogP) is 4.41. The van der Waals surface area contributed by atoms with Crippen LogP contribution in [0.5, 0.6) is 5.75 Å². The Morgan fingerprint density at radius 2 is 0.492 bits per heavy atom. The molecule has 8 aromatic rings. The van der Waals surface area contributed by atoms with Crippen molar-refractivity contribution in [2.75, 3.05) is 0 Å². The summed E-state index contributed by atoms with van der Waals surface area (Å²) in [7, 11) is -5.07. The van der Waals surface area contributed by atoms with Crippen LogP contribution in [0.4, 0.5) is 0 Å². The number of hydrogen-bond acceptors (Lipinski definition) is 8. The molecular formula is C49H40B4O8. The van der Waals surface area contributed by atoms with E-state index in [1.807, 2.05) is 60.7 Å². The maximum atomic E-state index is 9.68. The number of hydrogen-bond donors (Lipinski definition) is 7. The highest BCUT2D eigenvalue weighted by Gasteiger charge is 2.38. The lowest BCUT2D eigenvalue weighted by Crippen LogP contribution is -2.31. The van der Waals surface area contributed by atoms with Gasteiger partial charge in [-0.1, -0.05) is 182 Å². The molecule has 0 spiro atoms. The molecule has 61 heavy (non-hydrogen) atoms. The fourth-order valence-electron chi connectivity index (χ4n) is 8.01. The fraction of sp³-hybridized carbons (Fsp3) is 0.0204. The van der Waals surface area contributed by atoms with Gasteiger partial charge in [-0.15, -0.1) is 0 Å². The summed E-state index contributed by atoms with van der Waals surface area (Å²) >= 11 is 0. The van der Waals surface area contributed by atoms with Crippen LogP contribution in [-0.4, -0.2) is 64.2 Å². The van der Waals surface area contributed by atoms with Crippen LogP contribution >= 0.6 is 0 Å². The van der Waals surface area contributed by atoms with E-state index < -0.39 is 34.5 Å². The highest BCUT2D eigenvalue weighted by Crippen LogP contribution is 2.47. The minimum absolute atomic E-state index is 0.403. The Morgan fingerprint density at radius 1 is 0.295 bits per heavy atom. The molecule has 0 aliphatic carbocycles. The monoisotopic (exact) mass is 800 g/mol. The molecule has 0 aromatic heterocycles. The normalized spacial score (nSPS) is 11.2. The molecule has 296 valence electrons. The molecule has 7 N–H and O–H groups in total. The Kier molecular flexibility index (Phi) is 12.2. The molecule has 0 saturated heterocycles. The second-order valence-corrected chi connectivity index (χ2v) is 14.8. The van der Waals surface area contributed by atoms with Crippen LogP contribution in [0.1, 0.15) is 22.3 Å². The van der Waals surface area contributed by atoms with E-state index in [9.17, 15) is 35.2 Å². The summed E-state index contributed by atoms with van der Waals surface area (Å²) in [4.78, 5) is 0. The van der Waals surface area contributed by atoms with Gasteiger partial charge >= 0.3 is 29.0 Å². The third-order valence-electron chi connectivity index (χ3n) is 11.3. The van der Waals surface area contributed by atoms with E-state index in [0.717, 1.165) is 66.8 Å². The van der Waals surface area contributed by atoms with E-state index in [1.165, 1.54) is 0 Å². The molecule has 0 fully saturated rings. The van der Waals surface area contributed by atoms with Gasteiger partial charge in [-0.2, -0.15) is 0 Å². The SMILES string of the molecule is OBOc1ccc(-c2ccc(C(c3ccc(-c4ccc(B(O)O)cc4)cc3)(c3ccc(-c4ccc(B(O)O)cc4)cc3)c3ccc(-c4ccc(B(O)O)cc4)cc3)cc2)cc1. The molecule has 8 nitrogen and oxygen atoms in total. The summed E-state index contributed by atoms with van der Waals surface area (Å²) in [6.45, 7) is 0. The van der Waals surface area contributed by atoms with Gasteiger partial charge in [0.25, 0.3) is 0 Å². The van der Waals surface area contributed by atoms with Crippen molar-refractivity contribution < 1.29 is 39.8 Å². The van der Waals surface area contributed by atoms with Gasteiger partial charge in [0, 0.05) is 0 Å². The molecule has 12 heteroatoms. The largest absolute Gasteiger partial charge is 0.539 e. The van der Waals surface area contributed by atoms with Crippen LogP contribution in [0.2, 0.25) is 0 Å². The molecule has 0 saturated carbocycles. The van der Waals surface area contributed by atoms with Gasteiger partial charge in [-0.25, -0.2) is 0 Å². The van der Waals surface area contributed by atoms with Gasteiger partial charge < -0.3 is 39.8 Å². The summed E-state index contributed by atoms with van der Waals surface area (Å²) in [5.41, 5.74) is 12.0. The maximum absolute atomic E-state index is 9.68. The molecule has 8 aromatic carbocycles. The Morgan fingerprint density at radius 3 is 0.689 bits per heavy atom. The molecule has 8 rings (SSSR count). The van der Waals surface area contributed by atoms with Crippen molar-refractivity contribution in [1.82, 2.24) is 0 Å². The van der Waals surface area contributed by atoms with Gasteiger partial charge in [-0.05, 0) is 95.3 Å². The fourth-order valence-corrected chi connectivity index (χ4v) is 8.01. The third kappa shape index (κ3) is 8.61. The zero-order chi connectivity index (χ0) is 42.5. The van der Waals surface area contributed by atoms with E-state index in [4.69, 9.17) is 4.65 Å². The molecule has 0 aliphatic heterocycles. The summed E-state index contributed by atoms with van der Waals surface area (Å²) < 4.78 is 5.26.